The molecule has 1 atom stereocenters. The highest BCUT2D eigenvalue weighted by Crippen LogP contribution is 2.21. The van der Waals surface area contributed by atoms with Crippen molar-refractivity contribution in [2.24, 2.45) is 0 Å². The van der Waals surface area contributed by atoms with Gasteiger partial charge in [-0.15, -0.1) is 4.52 Å². The summed E-state index contributed by atoms with van der Waals surface area (Å²) in [6.07, 6.45) is 2.09. The first-order valence-corrected chi connectivity index (χ1v) is 4.90. The molecular formula is C6H14O2P+. The SMILES string of the molecule is CCC(CC)O[P+](C)=O. The Morgan fingerprint density at radius 2 is 1.89 bits per heavy atom. The lowest BCUT2D eigenvalue weighted by Crippen LogP contribution is -2.04. The molecule has 2 nitrogen and oxygen atoms in total. The summed E-state index contributed by atoms with van der Waals surface area (Å²) in [5.74, 6) is 0. The van der Waals surface area contributed by atoms with Crippen LogP contribution in [0.3, 0.4) is 0 Å². The van der Waals surface area contributed by atoms with Gasteiger partial charge < -0.3 is 0 Å². The van der Waals surface area contributed by atoms with Gasteiger partial charge in [-0.3, -0.25) is 0 Å². The van der Waals surface area contributed by atoms with E-state index in [2.05, 4.69) is 0 Å². The highest BCUT2D eigenvalue weighted by Gasteiger charge is 2.14. The maximum absolute atomic E-state index is 10.5. The zero-order chi connectivity index (χ0) is 7.28. The van der Waals surface area contributed by atoms with Crippen molar-refractivity contribution in [3.05, 3.63) is 0 Å². The summed E-state index contributed by atoms with van der Waals surface area (Å²) in [5, 5.41) is 0. The topological polar surface area (TPSA) is 26.3 Å². The van der Waals surface area contributed by atoms with Gasteiger partial charge in [0.05, 0.1) is 0 Å². The Hall–Kier alpha value is 0.0600. The first-order chi connectivity index (χ1) is 4.20. The predicted octanol–water partition coefficient (Wildman–Crippen LogP) is 2.56. The van der Waals surface area contributed by atoms with E-state index < -0.39 is 8.03 Å². The van der Waals surface area contributed by atoms with Crippen LogP contribution in [0.25, 0.3) is 0 Å². The van der Waals surface area contributed by atoms with E-state index in [-0.39, 0.29) is 6.10 Å². The molecule has 9 heavy (non-hydrogen) atoms. The Morgan fingerprint density at radius 1 is 1.44 bits per heavy atom. The van der Waals surface area contributed by atoms with E-state index in [0.29, 0.717) is 0 Å². The summed E-state index contributed by atoms with van der Waals surface area (Å²) >= 11 is 0. The Balaban J connectivity index is 3.43. The number of hydrogen-bond donors (Lipinski definition) is 0. The zero-order valence-corrected chi connectivity index (χ0v) is 7.15. The quantitative estimate of drug-likeness (QED) is 0.574. The van der Waals surface area contributed by atoms with Gasteiger partial charge in [0.1, 0.15) is 6.10 Å². The third kappa shape index (κ3) is 4.56. The van der Waals surface area contributed by atoms with Crippen molar-refractivity contribution in [1.29, 1.82) is 0 Å². The molecule has 0 aromatic rings. The van der Waals surface area contributed by atoms with Crippen molar-refractivity contribution in [2.75, 3.05) is 6.66 Å². The molecular weight excluding hydrogens is 135 g/mol. The third-order valence-electron chi connectivity index (χ3n) is 1.21. The molecule has 0 heterocycles. The maximum atomic E-state index is 10.5. The third-order valence-corrected chi connectivity index (χ3v) is 1.80. The molecule has 0 spiro atoms. The average Bonchev–Trinajstić information content (AvgIpc) is 1.82. The predicted molar refractivity (Wildman–Crippen MR) is 39.0 cm³/mol. The van der Waals surface area contributed by atoms with E-state index in [1.165, 1.54) is 0 Å². The summed E-state index contributed by atoms with van der Waals surface area (Å²) in [5.41, 5.74) is 0. The highest BCUT2D eigenvalue weighted by atomic mass is 31.1. The van der Waals surface area contributed by atoms with Gasteiger partial charge in [0.2, 0.25) is 0 Å². The van der Waals surface area contributed by atoms with Crippen LogP contribution < -0.4 is 0 Å². The summed E-state index contributed by atoms with van der Waals surface area (Å²) < 4.78 is 15.6. The van der Waals surface area contributed by atoms with Gasteiger partial charge in [-0.05, 0) is 17.4 Å². The molecule has 0 bridgehead atoms. The van der Waals surface area contributed by atoms with Crippen LogP contribution in [0.1, 0.15) is 26.7 Å². The van der Waals surface area contributed by atoms with Crippen LogP contribution in [0.2, 0.25) is 0 Å². The van der Waals surface area contributed by atoms with Gasteiger partial charge in [0, 0.05) is 0 Å². The number of hydrogen-bond acceptors (Lipinski definition) is 2. The van der Waals surface area contributed by atoms with Crippen molar-refractivity contribution in [3.63, 3.8) is 0 Å². The molecule has 0 N–H and O–H groups in total. The van der Waals surface area contributed by atoms with Crippen molar-refractivity contribution in [1.82, 2.24) is 0 Å². The summed E-state index contributed by atoms with van der Waals surface area (Å²) in [6.45, 7) is 5.66. The minimum atomic E-state index is -1.40. The molecule has 0 fully saturated rings. The van der Waals surface area contributed by atoms with Crippen LogP contribution >= 0.6 is 8.03 Å². The normalized spacial score (nSPS) is 12.2. The lowest BCUT2D eigenvalue weighted by molar-refractivity contribution is 0.207. The maximum Gasteiger partial charge on any atom is 0.505 e. The van der Waals surface area contributed by atoms with Gasteiger partial charge >= 0.3 is 8.03 Å². The second-order valence-corrected chi connectivity index (χ2v) is 3.07. The summed E-state index contributed by atoms with van der Waals surface area (Å²) in [7, 11) is -1.40. The molecule has 0 aromatic carbocycles. The van der Waals surface area contributed by atoms with Crippen LogP contribution in [0.15, 0.2) is 0 Å². The largest absolute Gasteiger partial charge is 0.505 e. The molecule has 54 valence electrons. The second-order valence-electron chi connectivity index (χ2n) is 1.98. The molecule has 0 aliphatic carbocycles. The van der Waals surface area contributed by atoms with E-state index in [4.69, 9.17) is 4.52 Å². The second kappa shape index (κ2) is 4.89. The zero-order valence-electron chi connectivity index (χ0n) is 6.26. The molecule has 0 aromatic heterocycles. The van der Waals surface area contributed by atoms with Gasteiger partial charge in [-0.1, -0.05) is 13.8 Å². The van der Waals surface area contributed by atoms with Crippen molar-refractivity contribution < 1.29 is 9.09 Å². The van der Waals surface area contributed by atoms with Crippen molar-refractivity contribution in [3.8, 4) is 0 Å². The molecule has 0 radical (unpaired) electrons. The van der Waals surface area contributed by atoms with E-state index in [0.717, 1.165) is 12.8 Å². The molecule has 1 unspecified atom stereocenters. The standard InChI is InChI=1S/C6H14O2P/c1-4-6(5-2)8-9(3)7/h6H,4-5H2,1-3H3/q+1. The lowest BCUT2D eigenvalue weighted by Gasteiger charge is -2.01. The molecule has 0 aliphatic rings. The van der Waals surface area contributed by atoms with Gasteiger partial charge in [-0.25, -0.2) is 0 Å². The molecule has 0 rings (SSSR count). The monoisotopic (exact) mass is 149 g/mol. The fourth-order valence-electron chi connectivity index (χ4n) is 0.648. The molecule has 3 heteroatoms. The first-order valence-electron chi connectivity index (χ1n) is 3.28. The van der Waals surface area contributed by atoms with Crippen LogP contribution in [0.4, 0.5) is 0 Å². The van der Waals surface area contributed by atoms with E-state index in [9.17, 15) is 4.57 Å². The Labute approximate surface area is 57.5 Å². The minimum absolute atomic E-state index is 0.193. The van der Waals surface area contributed by atoms with Crippen LogP contribution in [-0.4, -0.2) is 12.8 Å². The van der Waals surface area contributed by atoms with Crippen molar-refractivity contribution in [2.45, 2.75) is 32.8 Å². The van der Waals surface area contributed by atoms with E-state index in [1.807, 2.05) is 13.8 Å². The lowest BCUT2D eigenvalue weighted by atomic mass is 10.2. The molecule has 0 amide bonds. The molecule has 0 saturated heterocycles. The fourth-order valence-corrected chi connectivity index (χ4v) is 1.37. The van der Waals surface area contributed by atoms with Crippen LogP contribution in [0.5, 0.6) is 0 Å². The van der Waals surface area contributed by atoms with E-state index >= 15 is 0 Å². The minimum Gasteiger partial charge on any atom is -0.143 e. The van der Waals surface area contributed by atoms with Crippen LogP contribution in [0, 0.1) is 0 Å². The molecule has 0 saturated carbocycles. The molecule has 0 aliphatic heterocycles. The van der Waals surface area contributed by atoms with Gasteiger partial charge in [0.15, 0.2) is 6.66 Å². The summed E-state index contributed by atoms with van der Waals surface area (Å²) in [6, 6.07) is 0. The van der Waals surface area contributed by atoms with Crippen molar-refractivity contribution >= 4 is 8.03 Å². The van der Waals surface area contributed by atoms with E-state index in [1.54, 1.807) is 6.66 Å². The summed E-state index contributed by atoms with van der Waals surface area (Å²) in [4.78, 5) is 0. The Morgan fingerprint density at radius 3 is 2.00 bits per heavy atom. The fraction of sp³-hybridized carbons (Fsp3) is 1.00. The number of rotatable bonds is 4. The Kier molecular flexibility index (Phi) is 4.93. The Bertz CT molecular complexity index is 89.1. The van der Waals surface area contributed by atoms with Gasteiger partial charge in [0.25, 0.3) is 0 Å². The average molecular weight is 149 g/mol. The smallest absolute Gasteiger partial charge is 0.143 e. The first kappa shape index (κ1) is 9.06. The van der Waals surface area contributed by atoms with Crippen LogP contribution in [-0.2, 0) is 9.09 Å². The highest BCUT2D eigenvalue weighted by molar-refractivity contribution is 7.38. The van der Waals surface area contributed by atoms with Gasteiger partial charge in [-0.2, -0.15) is 0 Å².